The zero-order valence-corrected chi connectivity index (χ0v) is 12.4. The van der Waals surface area contributed by atoms with Crippen LogP contribution >= 0.6 is 0 Å². The molecule has 1 aliphatic heterocycles. The molecular formula is C14H27NO4. The molecule has 1 saturated heterocycles. The van der Waals surface area contributed by atoms with E-state index < -0.39 is 5.41 Å². The normalized spacial score (nSPS) is 24.5. The molecule has 1 aliphatic rings. The first-order valence-corrected chi connectivity index (χ1v) is 6.86. The molecule has 1 heterocycles. The van der Waals surface area contributed by atoms with Gasteiger partial charge < -0.3 is 20.3 Å². The maximum Gasteiger partial charge on any atom is 0.230 e. The third-order valence-electron chi connectivity index (χ3n) is 3.84. The van der Waals surface area contributed by atoms with Crippen molar-refractivity contribution in [2.75, 3.05) is 26.4 Å². The van der Waals surface area contributed by atoms with E-state index in [4.69, 9.17) is 4.74 Å². The van der Waals surface area contributed by atoms with Crippen LogP contribution in [0.5, 0.6) is 0 Å². The van der Waals surface area contributed by atoms with E-state index in [1.54, 1.807) is 6.92 Å². The Bertz CT molecular complexity index is 307. The van der Waals surface area contributed by atoms with Crippen molar-refractivity contribution in [2.24, 2.45) is 16.7 Å². The summed E-state index contributed by atoms with van der Waals surface area (Å²) in [5, 5.41) is 21.2. The maximum atomic E-state index is 12.0. The lowest BCUT2D eigenvalue weighted by atomic mass is 9.81. The molecule has 5 heteroatoms. The molecule has 0 aromatic carbocycles. The van der Waals surface area contributed by atoms with Gasteiger partial charge in [-0.25, -0.2) is 0 Å². The van der Waals surface area contributed by atoms with Gasteiger partial charge in [-0.05, 0) is 18.8 Å². The Morgan fingerprint density at radius 3 is 2.32 bits per heavy atom. The summed E-state index contributed by atoms with van der Waals surface area (Å²) in [4.78, 5) is 12.0. The van der Waals surface area contributed by atoms with E-state index in [-0.39, 0.29) is 36.6 Å². The molecule has 5 nitrogen and oxygen atoms in total. The molecule has 1 rings (SSSR count). The van der Waals surface area contributed by atoms with Gasteiger partial charge in [-0.3, -0.25) is 4.79 Å². The standard InChI is InChI=1S/C14H27NO4/c1-13(2,3)11-10(5-6-19-11)7-15-12(18)14(4,8-16)9-17/h10-11,16-17H,5-9H2,1-4H3,(H,15,18)/t10-,11+/m1/s1. The van der Waals surface area contributed by atoms with Crippen LogP contribution in [0.1, 0.15) is 34.1 Å². The minimum Gasteiger partial charge on any atom is -0.395 e. The second kappa shape index (κ2) is 6.20. The van der Waals surface area contributed by atoms with E-state index in [0.717, 1.165) is 13.0 Å². The second-order valence-electron chi connectivity index (χ2n) is 6.79. The number of aliphatic hydroxyl groups is 2. The number of hydrogen-bond acceptors (Lipinski definition) is 4. The summed E-state index contributed by atoms with van der Waals surface area (Å²) in [6.45, 7) is 8.46. The first kappa shape index (κ1) is 16.4. The van der Waals surface area contributed by atoms with Crippen molar-refractivity contribution in [3.8, 4) is 0 Å². The zero-order chi connectivity index (χ0) is 14.7. The number of amides is 1. The van der Waals surface area contributed by atoms with Crippen LogP contribution in [0.3, 0.4) is 0 Å². The fraction of sp³-hybridized carbons (Fsp3) is 0.929. The summed E-state index contributed by atoms with van der Waals surface area (Å²) in [5.74, 6) is -0.0253. The molecule has 0 unspecified atom stereocenters. The SMILES string of the molecule is CC(CO)(CO)C(=O)NC[C@H]1CCO[C@@H]1C(C)(C)C. The molecule has 0 aromatic heterocycles. The predicted molar refractivity (Wildman–Crippen MR) is 72.6 cm³/mol. The van der Waals surface area contributed by atoms with Gasteiger partial charge in [-0.2, -0.15) is 0 Å². The monoisotopic (exact) mass is 273 g/mol. The van der Waals surface area contributed by atoms with Crippen molar-refractivity contribution in [2.45, 2.75) is 40.2 Å². The summed E-state index contributed by atoms with van der Waals surface area (Å²) in [6.07, 6.45) is 1.05. The van der Waals surface area contributed by atoms with E-state index in [0.29, 0.717) is 6.54 Å². The molecule has 19 heavy (non-hydrogen) atoms. The van der Waals surface area contributed by atoms with Crippen molar-refractivity contribution in [1.82, 2.24) is 5.32 Å². The molecule has 0 aliphatic carbocycles. The lowest BCUT2D eigenvalue weighted by Crippen LogP contribution is -2.47. The second-order valence-corrected chi connectivity index (χ2v) is 6.79. The Balaban J connectivity index is 2.55. The van der Waals surface area contributed by atoms with Gasteiger partial charge in [0.15, 0.2) is 0 Å². The number of carbonyl (C=O) groups excluding carboxylic acids is 1. The lowest BCUT2D eigenvalue weighted by Gasteiger charge is -2.32. The number of ether oxygens (including phenoxy) is 1. The molecule has 0 spiro atoms. The topological polar surface area (TPSA) is 78.8 Å². The van der Waals surface area contributed by atoms with Crippen molar-refractivity contribution in [1.29, 1.82) is 0 Å². The number of carbonyl (C=O) groups is 1. The highest BCUT2D eigenvalue weighted by Gasteiger charge is 2.38. The molecule has 2 atom stereocenters. The Morgan fingerprint density at radius 2 is 1.84 bits per heavy atom. The summed E-state index contributed by atoms with van der Waals surface area (Å²) < 4.78 is 5.75. The Kier molecular flexibility index (Phi) is 5.35. The van der Waals surface area contributed by atoms with Crippen molar-refractivity contribution < 1.29 is 19.7 Å². The number of hydrogen-bond donors (Lipinski definition) is 3. The zero-order valence-electron chi connectivity index (χ0n) is 12.4. The first-order valence-electron chi connectivity index (χ1n) is 6.86. The molecule has 0 radical (unpaired) electrons. The molecule has 112 valence electrons. The molecule has 3 N–H and O–H groups in total. The van der Waals surface area contributed by atoms with E-state index in [2.05, 4.69) is 26.1 Å². The smallest absolute Gasteiger partial charge is 0.230 e. The maximum absolute atomic E-state index is 12.0. The van der Waals surface area contributed by atoms with Crippen LogP contribution < -0.4 is 5.32 Å². The molecule has 1 amide bonds. The number of rotatable bonds is 5. The first-order chi connectivity index (χ1) is 8.74. The Morgan fingerprint density at radius 1 is 1.26 bits per heavy atom. The summed E-state index contributed by atoms with van der Waals surface area (Å²) >= 11 is 0. The largest absolute Gasteiger partial charge is 0.395 e. The Labute approximate surface area is 115 Å². The van der Waals surface area contributed by atoms with Crippen LogP contribution in [0, 0.1) is 16.7 Å². The van der Waals surface area contributed by atoms with E-state index >= 15 is 0 Å². The van der Waals surface area contributed by atoms with Gasteiger partial charge in [0.2, 0.25) is 5.91 Å². The fourth-order valence-electron chi connectivity index (χ4n) is 2.43. The van der Waals surface area contributed by atoms with Crippen LogP contribution in [0.15, 0.2) is 0 Å². The quantitative estimate of drug-likeness (QED) is 0.683. The summed E-state index contributed by atoms with van der Waals surface area (Å²) in [7, 11) is 0. The highest BCUT2D eigenvalue weighted by Crippen LogP contribution is 2.34. The third kappa shape index (κ3) is 3.91. The van der Waals surface area contributed by atoms with Gasteiger partial charge in [0, 0.05) is 19.1 Å². The van der Waals surface area contributed by atoms with Crippen LogP contribution in [0.4, 0.5) is 0 Å². The van der Waals surface area contributed by atoms with Crippen LogP contribution in [0.25, 0.3) is 0 Å². The van der Waals surface area contributed by atoms with Crippen molar-refractivity contribution in [3.05, 3.63) is 0 Å². The number of aliphatic hydroxyl groups excluding tert-OH is 2. The number of nitrogens with one attached hydrogen (secondary N) is 1. The van der Waals surface area contributed by atoms with Gasteiger partial charge in [-0.1, -0.05) is 20.8 Å². The summed E-state index contributed by atoms with van der Waals surface area (Å²) in [5.41, 5.74) is -1.07. The predicted octanol–water partition coefficient (Wildman–Crippen LogP) is 0.545. The van der Waals surface area contributed by atoms with Crippen molar-refractivity contribution in [3.63, 3.8) is 0 Å². The lowest BCUT2D eigenvalue weighted by molar-refractivity contribution is -0.135. The highest BCUT2D eigenvalue weighted by atomic mass is 16.5. The van der Waals surface area contributed by atoms with Crippen LogP contribution in [-0.4, -0.2) is 48.6 Å². The average molecular weight is 273 g/mol. The fourth-order valence-corrected chi connectivity index (χ4v) is 2.43. The molecule has 1 fully saturated rings. The average Bonchev–Trinajstić information content (AvgIpc) is 2.83. The van der Waals surface area contributed by atoms with Gasteiger partial charge in [0.25, 0.3) is 0 Å². The molecule has 0 bridgehead atoms. The minimum atomic E-state index is -1.11. The van der Waals surface area contributed by atoms with E-state index in [9.17, 15) is 15.0 Å². The van der Waals surface area contributed by atoms with Crippen LogP contribution in [-0.2, 0) is 9.53 Å². The Hall–Kier alpha value is -0.650. The minimum absolute atomic E-state index is 0.0448. The molecular weight excluding hydrogens is 246 g/mol. The summed E-state index contributed by atoms with van der Waals surface area (Å²) in [6, 6.07) is 0. The van der Waals surface area contributed by atoms with E-state index in [1.807, 2.05) is 0 Å². The van der Waals surface area contributed by atoms with Crippen LogP contribution in [0.2, 0.25) is 0 Å². The van der Waals surface area contributed by atoms with Crippen molar-refractivity contribution >= 4 is 5.91 Å². The highest BCUT2D eigenvalue weighted by molar-refractivity contribution is 5.82. The van der Waals surface area contributed by atoms with Gasteiger partial charge in [0.1, 0.15) is 0 Å². The van der Waals surface area contributed by atoms with Gasteiger partial charge >= 0.3 is 0 Å². The molecule has 0 aromatic rings. The van der Waals surface area contributed by atoms with E-state index in [1.165, 1.54) is 0 Å². The van der Waals surface area contributed by atoms with Gasteiger partial charge in [-0.15, -0.1) is 0 Å². The third-order valence-corrected chi connectivity index (χ3v) is 3.84. The van der Waals surface area contributed by atoms with Gasteiger partial charge in [0.05, 0.1) is 24.7 Å². The molecule has 0 saturated carbocycles.